The number of aryl methyl sites for hydroxylation is 3. The van der Waals surface area contributed by atoms with Gasteiger partial charge < -0.3 is 5.73 Å². The number of anilines is 2. The minimum absolute atomic E-state index is 0.00335. The van der Waals surface area contributed by atoms with Gasteiger partial charge in [-0.15, -0.1) is 0 Å². The van der Waals surface area contributed by atoms with E-state index >= 15 is 0 Å². The maximum atomic E-state index is 12.1. The second-order valence-electron chi connectivity index (χ2n) is 5.05. The Morgan fingerprint density at radius 1 is 1.14 bits per heavy atom. The zero-order valence-electron chi connectivity index (χ0n) is 12.1. The van der Waals surface area contributed by atoms with E-state index in [1.54, 1.807) is 36.7 Å². The first kappa shape index (κ1) is 15.3. The van der Waals surface area contributed by atoms with Gasteiger partial charge in [0.15, 0.2) is 0 Å². The topological polar surface area (TPSA) is 85.1 Å². The van der Waals surface area contributed by atoms with Gasteiger partial charge in [-0.05, 0) is 61.2 Å². The third-order valence-electron chi connectivity index (χ3n) is 3.34. The maximum Gasteiger partial charge on any atom is 0.233 e. The SMILES string of the molecule is Cc1cc(N)c(NS(=O)(=O)CCc2ccncc2)cc1C. The van der Waals surface area contributed by atoms with Crippen molar-refractivity contribution >= 4 is 21.4 Å². The van der Waals surface area contributed by atoms with Crippen LogP contribution in [0.3, 0.4) is 0 Å². The van der Waals surface area contributed by atoms with Crippen molar-refractivity contribution in [1.29, 1.82) is 0 Å². The molecule has 0 saturated carbocycles. The Morgan fingerprint density at radius 3 is 2.43 bits per heavy atom. The third kappa shape index (κ3) is 4.19. The van der Waals surface area contributed by atoms with E-state index in [1.165, 1.54) is 0 Å². The van der Waals surface area contributed by atoms with E-state index in [2.05, 4.69) is 9.71 Å². The average molecular weight is 305 g/mol. The van der Waals surface area contributed by atoms with Crippen LogP contribution < -0.4 is 10.5 Å². The van der Waals surface area contributed by atoms with Crippen molar-refractivity contribution in [3.05, 3.63) is 53.3 Å². The molecule has 1 aromatic carbocycles. The summed E-state index contributed by atoms with van der Waals surface area (Å²) < 4.78 is 26.8. The number of aromatic nitrogens is 1. The molecule has 0 aliphatic rings. The standard InChI is InChI=1S/C15H19N3O2S/c1-11-9-14(16)15(10-12(11)2)18-21(19,20)8-5-13-3-6-17-7-4-13/h3-4,6-7,9-10,18H,5,8,16H2,1-2H3. The van der Waals surface area contributed by atoms with E-state index in [0.29, 0.717) is 17.8 Å². The van der Waals surface area contributed by atoms with E-state index in [-0.39, 0.29) is 5.75 Å². The van der Waals surface area contributed by atoms with E-state index in [9.17, 15) is 8.42 Å². The number of sulfonamides is 1. The fourth-order valence-electron chi connectivity index (χ4n) is 1.95. The van der Waals surface area contributed by atoms with Gasteiger partial charge in [-0.1, -0.05) is 0 Å². The molecule has 0 unspecified atom stereocenters. The summed E-state index contributed by atoms with van der Waals surface area (Å²) in [6, 6.07) is 7.14. The molecule has 2 aromatic rings. The van der Waals surface area contributed by atoms with Gasteiger partial charge in [-0.25, -0.2) is 8.42 Å². The van der Waals surface area contributed by atoms with Crippen molar-refractivity contribution in [2.24, 2.45) is 0 Å². The fraction of sp³-hybridized carbons (Fsp3) is 0.267. The summed E-state index contributed by atoms with van der Waals surface area (Å²) in [5, 5.41) is 0. The van der Waals surface area contributed by atoms with Crippen LogP contribution in [0.2, 0.25) is 0 Å². The summed E-state index contributed by atoms with van der Waals surface area (Å²) in [6.45, 7) is 3.86. The summed E-state index contributed by atoms with van der Waals surface area (Å²) in [6.07, 6.45) is 3.73. The number of nitrogen functional groups attached to an aromatic ring is 1. The van der Waals surface area contributed by atoms with Crippen molar-refractivity contribution in [3.8, 4) is 0 Å². The first-order valence-electron chi connectivity index (χ1n) is 6.63. The number of hydrogen-bond acceptors (Lipinski definition) is 4. The molecule has 0 amide bonds. The lowest BCUT2D eigenvalue weighted by atomic mass is 10.1. The summed E-state index contributed by atoms with van der Waals surface area (Å²) in [4.78, 5) is 3.91. The van der Waals surface area contributed by atoms with Crippen LogP contribution in [-0.2, 0) is 16.4 Å². The largest absolute Gasteiger partial charge is 0.397 e. The Hall–Kier alpha value is -2.08. The lowest BCUT2D eigenvalue weighted by Gasteiger charge is -2.12. The zero-order chi connectivity index (χ0) is 15.5. The fourth-order valence-corrected chi connectivity index (χ4v) is 3.07. The normalized spacial score (nSPS) is 11.3. The van der Waals surface area contributed by atoms with Crippen LogP contribution in [0.1, 0.15) is 16.7 Å². The molecule has 2 rings (SSSR count). The number of pyridine rings is 1. The van der Waals surface area contributed by atoms with Crippen LogP contribution in [0, 0.1) is 13.8 Å². The number of nitrogens with two attached hydrogens (primary N) is 1. The highest BCUT2D eigenvalue weighted by Gasteiger charge is 2.13. The van der Waals surface area contributed by atoms with Crippen molar-refractivity contribution in [2.75, 3.05) is 16.2 Å². The highest BCUT2D eigenvalue weighted by atomic mass is 32.2. The maximum absolute atomic E-state index is 12.1. The zero-order valence-corrected chi connectivity index (χ0v) is 12.9. The monoisotopic (exact) mass is 305 g/mol. The van der Waals surface area contributed by atoms with Crippen molar-refractivity contribution in [3.63, 3.8) is 0 Å². The van der Waals surface area contributed by atoms with Crippen LogP contribution in [-0.4, -0.2) is 19.2 Å². The molecular weight excluding hydrogens is 286 g/mol. The lowest BCUT2D eigenvalue weighted by Crippen LogP contribution is -2.19. The van der Waals surface area contributed by atoms with Gasteiger partial charge in [-0.3, -0.25) is 9.71 Å². The van der Waals surface area contributed by atoms with Crippen LogP contribution in [0.25, 0.3) is 0 Å². The molecule has 0 fully saturated rings. The number of nitrogens with one attached hydrogen (secondary N) is 1. The molecule has 1 aromatic heterocycles. The second kappa shape index (κ2) is 6.13. The predicted octanol–water partition coefficient (Wildman–Crippen LogP) is 2.27. The van der Waals surface area contributed by atoms with E-state index in [4.69, 9.17) is 5.73 Å². The molecule has 0 saturated heterocycles. The van der Waals surface area contributed by atoms with Gasteiger partial charge >= 0.3 is 0 Å². The molecule has 0 atom stereocenters. The molecule has 5 nitrogen and oxygen atoms in total. The van der Waals surface area contributed by atoms with Crippen molar-refractivity contribution < 1.29 is 8.42 Å². The third-order valence-corrected chi connectivity index (χ3v) is 4.61. The van der Waals surface area contributed by atoms with Gasteiger partial charge in [0.05, 0.1) is 17.1 Å². The molecular formula is C15H19N3O2S. The van der Waals surface area contributed by atoms with Gasteiger partial charge in [0.25, 0.3) is 0 Å². The lowest BCUT2D eigenvalue weighted by molar-refractivity contribution is 0.600. The highest BCUT2D eigenvalue weighted by Crippen LogP contribution is 2.24. The number of nitrogens with zero attached hydrogens (tertiary/aromatic N) is 1. The van der Waals surface area contributed by atoms with Crippen LogP contribution in [0.5, 0.6) is 0 Å². The highest BCUT2D eigenvalue weighted by molar-refractivity contribution is 7.92. The molecule has 112 valence electrons. The summed E-state index contributed by atoms with van der Waals surface area (Å²) in [7, 11) is -3.44. The van der Waals surface area contributed by atoms with E-state index in [1.807, 2.05) is 13.8 Å². The van der Waals surface area contributed by atoms with Crippen LogP contribution in [0.15, 0.2) is 36.7 Å². The van der Waals surface area contributed by atoms with Gasteiger partial charge in [0.2, 0.25) is 10.0 Å². The number of benzene rings is 1. The molecule has 0 aliphatic carbocycles. The number of rotatable bonds is 5. The van der Waals surface area contributed by atoms with Crippen LogP contribution >= 0.6 is 0 Å². The van der Waals surface area contributed by atoms with Crippen molar-refractivity contribution in [2.45, 2.75) is 20.3 Å². The van der Waals surface area contributed by atoms with Gasteiger partial charge in [-0.2, -0.15) is 0 Å². The second-order valence-corrected chi connectivity index (χ2v) is 6.89. The van der Waals surface area contributed by atoms with Gasteiger partial charge in [0, 0.05) is 12.4 Å². The molecule has 1 heterocycles. The average Bonchev–Trinajstić information content (AvgIpc) is 2.44. The Morgan fingerprint density at radius 2 is 1.76 bits per heavy atom. The Kier molecular flexibility index (Phi) is 4.47. The van der Waals surface area contributed by atoms with Gasteiger partial charge in [0.1, 0.15) is 0 Å². The Labute approximate surface area is 125 Å². The van der Waals surface area contributed by atoms with Crippen LogP contribution in [0.4, 0.5) is 11.4 Å². The molecule has 21 heavy (non-hydrogen) atoms. The smallest absolute Gasteiger partial charge is 0.233 e. The summed E-state index contributed by atoms with van der Waals surface area (Å²) in [5.41, 5.74) is 9.71. The summed E-state index contributed by atoms with van der Waals surface area (Å²) >= 11 is 0. The first-order chi connectivity index (χ1) is 9.87. The Bertz CT molecular complexity index is 728. The van der Waals surface area contributed by atoms with E-state index in [0.717, 1.165) is 16.7 Å². The summed E-state index contributed by atoms with van der Waals surface area (Å²) in [5.74, 6) is 0.00335. The quantitative estimate of drug-likeness (QED) is 0.830. The minimum Gasteiger partial charge on any atom is -0.397 e. The molecule has 6 heteroatoms. The first-order valence-corrected chi connectivity index (χ1v) is 8.29. The minimum atomic E-state index is -3.44. The number of hydrogen-bond donors (Lipinski definition) is 2. The van der Waals surface area contributed by atoms with E-state index < -0.39 is 10.0 Å². The van der Waals surface area contributed by atoms with Crippen molar-refractivity contribution in [1.82, 2.24) is 4.98 Å². The molecule has 3 N–H and O–H groups in total. The molecule has 0 spiro atoms. The Balaban J connectivity index is 2.09. The predicted molar refractivity (Wildman–Crippen MR) is 85.7 cm³/mol. The molecule has 0 aliphatic heterocycles. The molecule has 0 bridgehead atoms. The molecule has 0 radical (unpaired) electrons.